The Labute approximate surface area is 101 Å². The minimum atomic E-state index is -3.17. The van der Waals surface area contributed by atoms with E-state index in [1.54, 1.807) is 12.1 Å². The van der Waals surface area contributed by atoms with Crippen LogP contribution in [0.15, 0.2) is 29.2 Å². The monoisotopic (exact) mass is 257 g/mol. The number of nitrogens with one attached hydrogen (secondary N) is 1. The van der Waals surface area contributed by atoms with Gasteiger partial charge < -0.3 is 10.1 Å². The highest BCUT2D eigenvalue weighted by Gasteiger charge is 2.06. The van der Waals surface area contributed by atoms with Crippen molar-refractivity contribution in [2.75, 3.05) is 19.4 Å². The zero-order valence-electron chi connectivity index (χ0n) is 9.76. The lowest BCUT2D eigenvalue weighted by Crippen LogP contribution is -2.25. The quantitative estimate of drug-likeness (QED) is 0.784. The van der Waals surface area contributed by atoms with Crippen molar-refractivity contribution < 1.29 is 17.9 Å². The Hall–Kier alpha value is -1.56. The van der Waals surface area contributed by atoms with Crippen LogP contribution in [0.4, 0.5) is 0 Å². The fourth-order valence-corrected chi connectivity index (χ4v) is 1.81. The van der Waals surface area contributed by atoms with E-state index >= 15 is 0 Å². The molecule has 1 aromatic rings. The molecule has 1 rings (SSSR count). The van der Waals surface area contributed by atoms with Crippen molar-refractivity contribution in [1.82, 2.24) is 5.32 Å². The van der Waals surface area contributed by atoms with Crippen LogP contribution in [0.25, 0.3) is 0 Å². The van der Waals surface area contributed by atoms with E-state index in [0.29, 0.717) is 18.9 Å². The van der Waals surface area contributed by atoms with Gasteiger partial charge in [-0.05, 0) is 24.3 Å². The Bertz CT molecular complexity index is 479. The number of carbonyl (C=O) groups is 1. The van der Waals surface area contributed by atoms with E-state index in [1.807, 2.05) is 0 Å². The second kappa shape index (κ2) is 5.67. The van der Waals surface area contributed by atoms with E-state index in [2.05, 4.69) is 5.32 Å². The Kier molecular flexibility index (Phi) is 4.51. The van der Waals surface area contributed by atoms with E-state index in [0.717, 1.165) is 6.26 Å². The van der Waals surface area contributed by atoms with Crippen molar-refractivity contribution in [2.24, 2.45) is 0 Å². The van der Waals surface area contributed by atoms with Crippen LogP contribution in [-0.2, 0) is 14.6 Å². The lowest BCUT2D eigenvalue weighted by molar-refractivity contribution is -0.119. The van der Waals surface area contributed by atoms with Gasteiger partial charge in [-0.15, -0.1) is 0 Å². The lowest BCUT2D eigenvalue weighted by atomic mass is 10.3. The molecule has 0 aliphatic carbocycles. The molecule has 17 heavy (non-hydrogen) atoms. The van der Waals surface area contributed by atoms with Gasteiger partial charge >= 0.3 is 0 Å². The lowest BCUT2D eigenvalue weighted by Gasteiger charge is -2.07. The van der Waals surface area contributed by atoms with Gasteiger partial charge in [0.1, 0.15) is 12.4 Å². The van der Waals surface area contributed by atoms with Crippen LogP contribution in [0, 0.1) is 0 Å². The summed E-state index contributed by atoms with van der Waals surface area (Å²) in [6.45, 7) is 2.20. The third-order valence-corrected chi connectivity index (χ3v) is 3.13. The molecule has 0 bridgehead atoms. The van der Waals surface area contributed by atoms with E-state index < -0.39 is 9.84 Å². The molecule has 0 fully saturated rings. The first kappa shape index (κ1) is 13.5. The number of hydrogen-bond donors (Lipinski definition) is 1. The molecule has 0 saturated carbocycles. The smallest absolute Gasteiger partial charge is 0.216 e. The predicted molar refractivity (Wildman–Crippen MR) is 63.7 cm³/mol. The fraction of sp³-hybridized carbons (Fsp3) is 0.364. The van der Waals surface area contributed by atoms with Gasteiger partial charge in [0.2, 0.25) is 5.91 Å². The third-order valence-electron chi connectivity index (χ3n) is 2.00. The molecule has 94 valence electrons. The number of carbonyl (C=O) groups excluding carboxylic acids is 1. The van der Waals surface area contributed by atoms with Crippen LogP contribution in [0.3, 0.4) is 0 Å². The van der Waals surface area contributed by atoms with Crippen molar-refractivity contribution in [3.8, 4) is 5.75 Å². The van der Waals surface area contributed by atoms with Crippen molar-refractivity contribution in [3.63, 3.8) is 0 Å². The number of rotatable bonds is 5. The summed E-state index contributed by atoms with van der Waals surface area (Å²) < 4.78 is 27.7. The van der Waals surface area contributed by atoms with E-state index in [9.17, 15) is 13.2 Å². The van der Waals surface area contributed by atoms with Crippen LogP contribution in [0.5, 0.6) is 5.75 Å². The SMILES string of the molecule is CC(=O)NCCOc1ccc(S(C)(=O)=O)cc1. The Morgan fingerprint density at radius 1 is 1.29 bits per heavy atom. The Morgan fingerprint density at radius 2 is 1.88 bits per heavy atom. The van der Waals surface area contributed by atoms with Gasteiger partial charge in [-0.3, -0.25) is 4.79 Å². The molecule has 1 aromatic carbocycles. The molecule has 0 aromatic heterocycles. The average Bonchev–Trinajstić information content (AvgIpc) is 2.23. The van der Waals surface area contributed by atoms with Crippen molar-refractivity contribution in [2.45, 2.75) is 11.8 Å². The van der Waals surface area contributed by atoms with Gasteiger partial charge in [-0.2, -0.15) is 0 Å². The molecule has 6 heteroatoms. The number of ether oxygens (including phenoxy) is 1. The summed E-state index contributed by atoms with van der Waals surface area (Å²) in [6.07, 6.45) is 1.15. The molecule has 1 N–H and O–H groups in total. The second-order valence-corrected chi connectivity index (χ2v) is 5.59. The van der Waals surface area contributed by atoms with Crippen molar-refractivity contribution in [1.29, 1.82) is 0 Å². The maximum absolute atomic E-state index is 11.2. The van der Waals surface area contributed by atoms with E-state index in [4.69, 9.17) is 4.74 Å². The molecule has 1 amide bonds. The topological polar surface area (TPSA) is 72.5 Å². The zero-order chi connectivity index (χ0) is 12.9. The minimum absolute atomic E-state index is 0.110. The van der Waals surface area contributed by atoms with Crippen LogP contribution in [0.2, 0.25) is 0 Å². The first-order valence-electron chi connectivity index (χ1n) is 5.07. The number of sulfone groups is 1. The van der Waals surface area contributed by atoms with Gasteiger partial charge in [0.05, 0.1) is 11.4 Å². The zero-order valence-corrected chi connectivity index (χ0v) is 10.6. The van der Waals surface area contributed by atoms with Gasteiger partial charge in [0, 0.05) is 13.2 Å². The molecule has 0 aliphatic heterocycles. The standard InChI is InChI=1S/C11H15NO4S/c1-9(13)12-7-8-16-10-3-5-11(6-4-10)17(2,14)15/h3-6H,7-8H2,1-2H3,(H,12,13). The first-order valence-corrected chi connectivity index (χ1v) is 6.96. The van der Waals surface area contributed by atoms with Crippen LogP contribution >= 0.6 is 0 Å². The maximum atomic E-state index is 11.2. The molecule has 0 atom stereocenters. The summed E-state index contributed by atoms with van der Waals surface area (Å²) in [5.41, 5.74) is 0. The highest BCUT2D eigenvalue weighted by Crippen LogP contribution is 2.15. The maximum Gasteiger partial charge on any atom is 0.216 e. The van der Waals surface area contributed by atoms with Crippen molar-refractivity contribution >= 4 is 15.7 Å². The summed E-state index contributed by atoms with van der Waals surface area (Å²) in [4.78, 5) is 10.8. The third kappa shape index (κ3) is 4.86. The van der Waals surface area contributed by atoms with Crippen LogP contribution < -0.4 is 10.1 Å². The molecule has 0 unspecified atom stereocenters. The molecule has 0 aliphatic rings. The highest BCUT2D eigenvalue weighted by atomic mass is 32.2. The molecule has 0 heterocycles. The first-order chi connectivity index (χ1) is 7.89. The van der Waals surface area contributed by atoms with Gasteiger partial charge in [-0.25, -0.2) is 8.42 Å². The molecule has 0 radical (unpaired) electrons. The normalized spacial score (nSPS) is 10.9. The molecular weight excluding hydrogens is 242 g/mol. The molecule has 0 saturated heterocycles. The second-order valence-electron chi connectivity index (χ2n) is 3.57. The van der Waals surface area contributed by atoms with Crippen LogP contribution in [0.1, 0.15) is 6.92 Å². The Morgan fingerprint density at radius 3 is 2.35 bits per heavy atom. The van der Waals surface area contributed by atoms with E-state index in [-0.39, 0.29) is 10.8 Å². The van der Waals surface area contributed by atoms with Crippen LogP contribution in [-0.4, -0.2) is 33.7 Å². The van der Waals surface area contributed by atoms with Crippen molar-refractivity contribution in [3.05, 3.63) is 24.3 Å². The molecule has 0 spiro atoms. The van der Waals surface area contributed by atoms with Gasteiger partial charge in [-0.1, -0.05) is 0 Å². The molecule has 5 nitrogen and oxygen atoms in total. The predicted octanol–water partition coefficient (Wildman–Crippen LogP) is 0.605. The van der Waals surface area contributed by atoms with E-state index in [1.165, 1.54) is 19.1 Å². The average molecular weight is 257 g/mol. The largest absolute Gasteiger partial charge is 0.492 e. The number of benzene rings is 1. The summed E-state index contributed by atoms with van der Waals surface area (Å²) in [5.74, 6) is 0.462. The minimum Gasteiger partial charge on any atom is -0.492 e. The highest BCUT2D eigenvalue weighted by molar-refractivity contribution is 7.90. The Balaban J connectivity index is 2.49. The summed E-state index contributed by atoms with van der Waals surface area (Å²) in [5, 5.41) is 2.59. The van der Waals surface area contributed by atoms with Gasteiger partial charge in [0.25, 0.3) is 0 Å². The summed E-state index contributed by atoms with van der Waals surface area (Å²) >= 11 is 0. The molecular formula is C11H15NO4S. The number of hydrogen-bond acceptors (Lipinski definition) is 4. The fourth-order valence-electron chi connectivity index (χ4n) is 1.18. The number of amides is 1. The summed E-state index contributed by atoms with van der Waals surface area (Å²) in [6, 6.07) is 6.15. The van der Waals surface area contributed by atoms with Gasteiger partial charge in [0.15, 0.2) is 9.84 Å². The summed E-state index contributed by atoms with van der Waals surface area (Å²) in [7, 11) is -3.17.